The molecule has 5 rings (SSSR count). The van der Waals surface area contributed by atoms with Crippen LogP contribution in [0.4, 0.5) is 4.39 Å². The number of hydrogen-bond acceptors (Lipinski definition) is 5. The first-order chi connectivity index (χ1) is 16.0. The zero-order valence-electron chi connectivity index (χ0n) is 19.2. The Labute approximate surface area is 192 Å². The minimum atomic E-state index is -0.415. The van der Waals surface area contributed by atoms with Crippen molar-refractivity contribution in [2.45, 2.75) is 26.3 Å². The first-order valence-electron chi connectivity index (χ1n) is 11.3. The van der Waals surface area contributed by atoms with E-state index in [1.54, 1.807) is 18.6 Å². The molecule has 168 valence electrons. The molecule has 0 unspecified atom stereocenters. The van der Waals surface area contributed by atoms with E-state index in [0.717, 1.165) is 54.9 Å². The SMILES string of the molecule is CCN1CCN(C(C)(C)C#Cc2c(F)cnc3[nH]c4cnc(-c5cccnc5)cc4c23)CC1. The van der Waals surface area contributed by atoms with Crippen LogP contribution in [0.25, 0.3) is 33.2 Å². The second-order valence-electron chi connectivity index (χ2n) is 8.92. The monoisotopic (exact) mass is 442 g/mol. The standard InChI is InChI=1S/C26H27FN6/c1-4-32-10-12-33(13-11-32)26(2,3)8-7-19-21(27)16-30-25-24(19)20-14-22(29-17-23(20)31-25)18-6-5-9-28-15-18/h5-6,9,14-17H,4,10-13H2,1-3H3,(H,30,31). The molecule has 1 aliphatic heterocycles. The van der Waals surface area contributed by atoms with Crippen molar-refractivity contribution in [3.8, 4) is 23.1 Å². The number of H-pyrrole nitrogens is 1. The average Bonchev–Trinajstić information content (AvgIpc) is 3.22. The van der Waals surface area contributed by atoms with E-state index in [4.69, 9.17) is 0 Å². The Morgan fingerprint density at radius 2 is 1.94 bits per heavy atom. The third-order valence-electron chi connectivity index (χ3n) is 6.52. The highest BCUT2D eigenvalue weighted by molar-refractivity contribution is 6.09. The number of aromatic amines is 1. The molecule has 7 heteroatoms. The zero-order chi connectivity index (χ0) is 23.0. The summed E-state index contributed by atoms with van der Waals surface area (Å²) >= 11 is 0. The maximum Gasteiger partial charge on any atom is 0.157 e. The molecule has 0 atom stereocenters. The maximum absolute atomic E-state index is 15.0. The highest BCUT2D eigenvalue weighted by Gasteiger charge is 2.28. The third kappa shape index (κ3) is 4.08. The molecule has 0 bridgehead atoms. The molecule has 0 saturated carbocycles. The van der Waals surface area contributed by atoms with E-state index >= 15 is 4.39 Å². The Morgan fingerprint density at radius 1 is 1.12 bits per heavy atom. The first kappa shape index (κ1) is 21.5. The predicted molar refractivity (Wildman–Crippen MR) is 129 cm³/mol. The van der Waals surface area contributed by atoms with Gasteiger partial charge in [0.05, 0.1) is 34.7 Å². The molecule has 0 aromatic carbocycles. The van der Waals surface area contributed by atoms with Crippen molar-refractivity contribution in [3.05, 3.63) is 54.4 Å². The first-order valence-corrected chi connectivity index (χ1v) is 11.3. The van der Waals surface area contributed by atoms with Crippen LogP contribution in [0.3, 0.4) is 0 Å². The van der Waals surface area contributed by atoms with Gasteiger partial charge in [-0.1, -0.05) is 18.8 Å². The molecule has 1 N–H and O–H groups in total. The summed E-state index contributed by atoms with van der Waals surface area (Å²) in [7, 11) is 0. The number of piperazine rings is 1. The van der Waals surface area contributed by atoms with E-state index in [1.807, 2.05) is 18.2 Å². The van der Waals surface area contributed by atoms with Gasteiger partial charge in [-0.15, -0.1) is 0 Å². The van der Waals surface area contributed by atoms with Gasteiger partial charge in [0.15, 0.2) is 5.82 Å². The molecule has 5 heterocycles. The van der Waals surface area contributed by atoms with Gasteiger partial charge in [-0.2, -0.15) is 0 Å². The lowest BCUT2D eigenvalue weighted by Crippen LogP contribution is -2.54. The number of rotatable bonds is 3. The smallest absolute Gasteiger partial charge is 0.157 e. The fraction of sp³-hybridized carbons (Fsp3) is 0.346. The van der Waals surface area contributed by atoms with Gasteiger partial charge in [0.1, 0.15) is 5.65 Å². The van der Waals surface area contributed by atoms with Crippen LogP contribution in [0.2, 0.25) is 0 Å². The highest BCUT2D eigenvalue weighted by atomic mass is 19.1. The largest absolute Gasteiger partial charge is 0.338 e. The molecule has 4 aromatic rings. The second kappa shape index (κ2) is 8.54. The summed E-state index contributed by atoms with van der Waals surface area (Å²) in [6.45, 7) is 11.4. The molecule has 1 fully saturated rings. The Balaban J connectivity index is 1.58. The topological polar surface area (TPSA) is 60.9 Å². The van der Waals surface area contributed by atoms with Gasteiger partial charge in [0, 0.05) is 54.9 Å². The van der Waals surface area contributed by atoms with E-state index in [1.165, 1.54) is 6.20 Å². The molecule has 33 heavy (non-hydrogen) atoms. The number of fused-ring (bicyclic) bond motifs is 3. The second-order valence-corrected chi connectivity index (χ2v) is 8.92. The molecular weight excluding hydrogens is 415 g/mol. The van der Waals surface area contributed by atoms with Gasteiger partial charge in [-0.05, 0) is 38.6 Å². The van der Waals surface area contributed by atoms with Crippen LogP contribution in [-0.2, 0) is 0 Å². The van der Waals surface area contributed by atoms with Crippen molar-refractivity contribution in [2.75, 3.05) is 32.7 Å². The number of halogens is 1. The van der Waals surface area contributed by atoms with Crippen LogP contribution in [-0.4, -0.2) is 68.0 Å². The summed E-state index contributed by atoms with van der Waals surface area (Å²) in [5.41, 5.74) is 3.09. The molecule has 0 spiro atoms. The van der Waals surface area contributed by atoms with Crippen molar-refractivity contribution in [3.63, 3.8) is 0 Å². The molecule has 0 aliphatic carbocycles. The fourth-order valence-electron chi connectivity index (χ4n) is 4.45. The summed E-state index contributed by atoms with van der Waals surface area (Å²) < 4.78 is 15.0. The predicted octanol–water partition coefficient (Wildman–Crippen LogP) is 4.08. The van der Waals surface area contributed by atoms with Crippen LogP contribution in [0.15, 0.2) is 43.0 Å². The van der Waals surface area contributed by atoms with Crippen LogP contribution < -0.4 is 0 Å². The lowest BCUT2D eigenvalue weighted by molar-refractivity contribution is 0.0840. The molecule has 0 radical (unpaired) electrons. The number of nitrogens with one attached hydrogen (secondary N) is 1. The van der Waals surface area contributed by atoms with Gasteiger partial charge in [-0.3, -0.25) is 14.9 Å². The molecule has 0 amide bonds. The van der Waals surface area contributed by atoms with Gasteiger partial charge < -0.3 is 9.88 Å². The number of nitrogens with zero attached hydrogens (tertiary/aromatic N) is 5. The van der Waals surface area contributed by atoms with E-state index in [-0.39, 0.29) is 5.54 Å². The fourth-order valence-corrected chi connectivity index (χ4v) is 4.45. The molecular formula is C26H27FN6. The van der Waals surface area contributed by atoms with Crippen molar-refractivity contribution in [1.82, 2.24) is 29.7 Å². The van der Waals surface area contributed by atoms with Crippen LogP contribution in [0.5, 0.6) is 0 Å². The summed E-state index contributed by atoms with van der Waals surface area (Å²) in [6, 6.07) is 5.78. The number of aromatic nitrogens is 4. The van der Waals surface area contributed by atoms with Crippen LogP contribution in [0.1, 0.15) is 26.3 Å². The van der Waals surface area contributed by atoms with Crippen LogP contribution >= 0.6 is 0 Å². The molecule has 1 saturated heterocycles. The van der Waals surface area contributed by atoms with Gasteiger partial charge in [0.2, 0.25) is 0 Å². The quantitative estimate of drug-likeness (QED) is 0.485. The van der Waals surface area contributed by atoms with E-state index in [2.05, 4.69) is 62.3 Å². The lowest BCUT2D eigenvalue weighted by Gasteiger charge is -2.41. The molecule has 4 aromatic heterocycles. The number of pyridine rings is 3. The van der Waals surface area contributed by atoms with E-state index < -0.39 is 5.82 Å². The summed E-state index contributed by atoms with van der Waals surface area (Å²) in [6.07, 6.45) is 6.49. The minimum absolute atomic E-state index is 0.365. The average molecular weight is 443 g/mol. The van der Waals surface area contributed by atoms with E-state index in [9.17, 15) is 0 Å². The Morgan fingerprint density at radius 3 is 2.67 bits per heavy atom. The van der Waals surface area contributed by atoms with Crippen molar-refractivity contribution < 1.29 is 4.39 Å². The van der Waals surface area contributed by atoms with Crippen LogP contribution in [0, 0.1) is 17.7 Å². The van der Waals surface area contributed by atoms with Crippen molar-refractivity contribution >= 4 is 21.9 Å². The summed E-state index contributed by atoms with van der Waals surface area (Å²) in [5.74, 6) is 6.13. The summed E-state index contributed by atoms with van der Waals surface area (Å²) in [4.78, 5) is 21.1. The van der Waals surface area contributed by atoms with Gasteiger partial charge in [0.25, 0.3) is 0 Å². The Hall–Kier alpha value is -3.34. The van der Waals surface area contributed by atoms with E-state index in [0.29, 0.717) is 16.6 Å². The van der Waals surface area contributed by atoms with Gasteiger partial charge in [-0.25, -0.2) is 9.37 Å². The Bertz CT molecular complexity index is 1360. The molecule has 1 aliphatic rings. The number of hydrogen-bond donors (Lipinski definition) is 1. The minimum Gasteiger partial charge on any atom is -0.338 e. The summed E-state index contributed by atoms with van der Waals surface area (Å²) in [5, 5.41) is 1.54. The van der Waals surface area contributed by atoms with Crippen molar-refractivity contribution in [2.24, 2.45) is 0 Å². The number of likely N-dealkylation sites (N-methyl/N-ethyl adjacent to an activating group) is 1. The zero-order valence-corrected chi connectivity index (χ0v) is 19.2. The third-order valence-corrected chi connectivity index (χ3v) is 6.52. The van der Waals surface area contributed by atoms with Gasteiger partial charge >= 0.3 is 0 Å². The molecule has 6 nitrogen and oxygen atoms in total. The van der Waals surface area contributed by atoms with Crippen molar-refractivity contribution in [1.29, 1.82) is 0 Å². The lowest BCUT2D eigenvalue weighted by atomic mass is 10.0. The highest BCUT2D eigenvalue weighted by Crippen LogP contribution is 2.31. The maximum atomic E-state index is 15.0. The Kier molecular flexibility index (Phi) is 5.57. The normalized spacial score (nSPS) is 15.6.